The van der Waals surface area contributed by atoms with Gasteiger partial charge in [0.15, 0.2) is 0 Å². The number of hydrogen-bond donors (Lipinski definition) is 1. The van der Waals surface area contributed by atoms with E-state index in [1.54, 1.807) is 0 Å². The molecule has 0 unspecified atom stereocenters. The van der Waals surface area contributed by atoms with Crippen LogP contribution >= 0.6 is 12.4 Å². The SMILES string of the molecule is CC(C)CC[C@H](N)c1ccccc1C#N.Cl. The van der Waals surface area contributed by atoms with Gasteiger partial charge in [-0.3, -0.25) is 0 Å². The first-order valence-electron chi connectivity index (χ1n) is 5.39. The third-order valence-electron chi connectivity index (χ3n) is 2.54. The van der Waals surface area contributed by atoms with Gasteiger partial charge >= 0.3 is 0 Å². The maximum atomic E-state index is 8.94. The number of halogens is 1. The van der Waals surface area contributed by atoms with Gasteiger partial charge in [0.2, 0.25) is 0 Å². The lowest BCUT2D eigenvalue weighted by molar-refractivity contribution is 0.507. The van der Waals surface area contributed by atoms with Gasteiger partial charge in [-0.2, -0.15) is 5.26 Å². The molecule has 1 aromatic rings. The summed E-state index contributed by atoms with van der Waals surface area (Å²) in [6.45, 7) is 4.37. The van der Waals surface area contributed by atoms with Gasteiger partial charge in [0.05, 0.1) is 11.6 Å². The van der Waals surface area contributed by atoms with Crippen LogP contribution in [0.4, 0.5) is 0 Å². The molecular weight excluding hydrogens is 220 g/mol. The second-order valence-electron chi connectivity index (χ2n) is 4.28. The van der Waals surface area contributed by atoms with E-state index in [1.807, 2.05) is 24.3 Å². The Hall–Kier alpha value is -1.04. The van der Waals surface area contributed by atoms with Crippen LogP contribution < -0.4 is 5.73 Å². The zero-order valence-electron chi connectivity index (χ0n) is 9.81. The van der Waals surface area contributed by atoms with Crippen LogP contribution in [0.25, 0.3) is 0 Å². The highest BCUT2D eigenvalue weighted by Crippen LogP contribution is 2.21. The molecule has 0 aliphatic carbocycles. The zero-order valence-corrected chi connectivity index (χ0v) is 10.6. The van der Waals surface area contributed by atoms with Crippen molar-refractivity contribution >= 4 is 12.4 Å². The minimum absolute atomic E-state index is 0. The Balaban J connectivity index is 0.00000225. The summed E-state index contributed by atoms with van der Waals surface area (Å²) in [6, 6.07) is 9.75. The van der Waals surface area contributed by atoms with Crippen molar-refractivity contribution in [3.8, 4) is 6.07 Å². The third-order valence-corrected chi connectivity index (χ3v) is 2.54. The third kappa shape index (κ3) is 4.22. The number of hydrogen-bond acceptors (Lipinski definition) is 2. The van der Waals surface area contributed by atoms with Crippen LogP contribution in [-0.2, 0) is 0 Å². The molecule has 2 nitrogen and oxygen atoms in total. The molecule has 16 heavy (non-hydrogen) atoms. The van der Waals surface area contributed by atoms with E-state index in [4.69, 9.17) is 11.0 Å². The maximum absolute atomic E-state index is 8.94. The van der Waals surface area contributed by atoms with Crippen LogP contribution in [0.1, 0.15) is 43.9 Å². The van der Waals surface area contributed by atoms with Crippen LogP contribution in [-0.4, -0.2) is 0 Å². The molecule has 0 spiro atoms. The van der Waals surface area contributed by atoms with Crippen LogP contribution in [0.3, 0.4) is 0 Å². The minimum Gasteiger partial charge on any atom is -0.324 e. The van der Waals surface area contributed by atoms with Crippen molar-refractivity contribution in [1.82, 2.24) is 0 Å². The Morgan fingerprint density at radius 1 is 1.25 bits per heavy atom. The first kappa shape index (κ1) is 15.0. The predicted molar refractivity (Wildman–Crippen MR) is 69.4 cm³/mol. The molecule has 0 aromatic heterocycles. The summed E-state index contributed by atoms with van der Waals surface area (Å²) in [7, 11) is 0. The number of rotatable bonds is 4. The number of nitrogens with two attached hydrogens (primary N) is 1. The molecule has 0 amide bonds. The molecule has 2 N–H and O–H groups in total. The van der Waals surface area contributed by atoms with Gasteiger partial charge in [-0.15, -0.1) is 12.4 Å². The highest BCUT2D eigenvalue weighted by Gasteiger charge is 2.10. The van der Waals surface area contributed by atoms with Gasteiger partial charge in [0.1, 0.15) is 0 Å². The fourth-order valence-corrected chi connectivity index (χ4v) is 1.59. The van der Waals surface area contributed by atoms with E-state index in [1.165, 1.54) is 0 Å². The Morgan fingerprint density at radius 2 is 1.88 bits per heavy atom. The molecule has 3 heteroatoms. The maximum Gasteiger partial charge on any atom is 0.0995 e. The molecule has 0 aliphatic heterocycles. The molecule has 0 fully saturated rings. The van der Waals surface area contributed by atoms with Crippen molar-refractivity contribution in [2.75, 3.05) is 0 Å². The Kier molecular flexibility index (Phi) is 6.80. The largest absolute Gasteiger partial charge is 0.324 e. The molecule has 0 aliphatic rings. The smallest absolute Gasteiger partial charge is 0.0995 e. The average molecular weight is 239 g/mol. The summed E-state index contributed by atoms with van der Waals surface area (Å²) < 4.78 is 0. The predicted octanol–water partition coefficient (Wildman–Crippen LogP) is 3.42. The van der Waals surface area contributed by atoms with E-state index in [0.717, 1.165) is 18.4 Å². The number of nitriles is 1. The first-order chi connectivity index (χ1) is 7.15. The Labute approximate surface area is 104 Å². The van der Waals surface area contributed by atoms with Crippen LogP contribution in [0.5, 0.6) is 0 Å². The molecule has 0 heterocycles. The zero-order chi connectivity index (χ0) is 11.3. The summed E-state index contributed by atoms with van der Waals surface area (Å²) >= 11 is 0. The molecule has 0 saturated carbocycles. The van der Waals surface area contributed by atoms with Gasteiger partial charge in [-0.25, -0.2) is 0 Å². The monoisotopic (exact) mass is 238 g/mol. The van der Waals surface area contributed by atoms with Gasteiger partial charge in [-0.05, 0) is 30.4 Å². The van der Waals surface area contributed by atoms with Crippen LogP contribution in [0.2, 0.25) is 0 Å². The highest BCUT2D eigenvalue weighted by molar-refractivity contribution is 5.85. The van der Waals surface area contributed by atoms with E-state index < -0.39 is 0 Å². The molecular formula is C13H19ClN2. The van der Waals surface area contributed by atoms with Crippen molar-refractivity contribution in [3.05, 3.63) is 35.4 Å². The molecule has 1 rings (SSSR count). The standard InChI is InChI=1S/C13H18N2.ClH/c1-10(2)7-8-13(15)12-6-4-3-5-11(12)9-14;/h3-6,10,13H,7-8,15H2,1-2H3;1H/t13-;/m0./s1. The van der Waals surface area contributed by atoms with Crippen molar-refractivity contribution in [3.63, 3.8) is 0 Å². The molecule has 1 aromatic carbocycles. The van der Waals surface area contributed by atoms with E-state index in [0.29, 0.717) is 11.5 Å². The van der Waals surface area contributed by atoms with E-state index >= 15 is 0 Å². The van der Waals surface area contributed by atoms with Crippen molar-refractivity contribution < 1.29 is 0 Å². The first-order valence-corrected chi connectivity index (χ1v) is 5.39. The van der Waals surface area contributed by atoms with Gasteiger partial charge in [0, 0.05) is 6.04 Å². The normalized spacial score (nSPS) is 11.7. The summed E-state index contributed by atoms with van der Waals surface area (Å²) in [6.07, 6.45) is 2.04. The second kappa shape index (κ2) is 7.27. The van der Waals surface area contributed by atoms with Crippen LogP contribution in [0, 0.1) is 17.2 Å². The van der Waals surface area contributed by atoms with E-state index in [2.05, 4.69) is 19.9 Å². The topological polar surface area (TPSA) is 49.8 Å². The number of benzene rings is 1. The van der Waals surface area contributed by atoms with E-state index in [-0.39, 0.29) is 18.4 Å². The lowest BCUT2D eigenvalue weighted by Crippen LogP contribution is -2.12. The molecule has 0 saturated heterocycles. The summed E-state index contributed by atoms with van der Waals surface area (Å²) in [5.74, 6) is 0.658. The van der Waals surface area contributed by atoms with Crippen LogP contribution in [0.15, 0.2) is 24.3 Å². The van der Waals surface area contributed by atoms with E-state index in [9.17, 15) is 0 Å². The fourth-order valence-electron chi connectivity index (χ4n) is 1.59. The molecule has 1 atom stereocenters. The minimum atomic E-state index is -0.0109. The van der Waals surface area contributed by atoms with Crippen molar-refractivity contribution in [1.29, 1.82) is 5.26 Å². The van der Waals surface area contributed by atoms with Gasteiger partial charge in [0.25, 0.3) is 0 Å². The quantitative estimate of drug-likeness (QED) is 0.874. The highest BCUT2D eigenvalue weighted by atomic mass is 35.5. The van der Waals surface area contributed by atoms with Crippen molar-refractivity contribution in [2.45, 2.75) is 32.7 Å². The lowest BCUT2D eigenvalue weighted by atomic mass is 9.95. The van der Waals surface area contributed by atoms with Crippen molar-refractivity contribution in [2.24, 2.45) is 11.7 Å². The average Bonchev–Trinajstić information content (AvgIpc) is 2.25. The molecule has 0 radical (unpaired) electrons. The lowest BCUT2D eigenvalue weighted by Gasteiger charge is -2.14. The Morgan fingerprint density at radius 3 is 2.44 bits per heavy atom. The van der Waals surface area contributed by atoms with Gasteiger partial charge < -0.3 is 5.73 Å². The fraction of sp³-hybridized carbons (Fsp3) is 0.462. The summed E-state index contributed by atoms with van der Waals surface area (Å²) in [5.41, 5.74) is 7.74. The summed E-state index contributed by atoms with van der Waals surface area (Å²) in [4.78, 5) is 0. The second-order valence-corrected chi connectivity index (χ2v) is 4.28. The molecule has 88 valence electrons. The summed E-state index contributed by atoms with van der Waals surface area (Å²) in [5, 5.41) is 8.94. The van der Waals surface area contributed by atoms with Gasteiger partial charge in [-0.1, -0.05) is 32.0 Å². The molecule has 0 bridgehead atoms. The Bertz CT molecular complexity index is 355. The number of nitrogens with zero attached hydrogens (tertiary/aromatic N) is 1.